The summed E-state index contributed by atoms with van der Waals surface area (Å²) in [6.07, 6.45) is -3.09. The fourth-order valence-corrected chi connectivity index (χ4v) is 2.66. The molecule has 2 rings (SSSR count). The number of rotatable bonds is 8. The molecule has 9 heteroatoms. The Morgan fingerprint density at radius 3 is 2.43 bits per heavy atom. The summed E-state index contributed by atoms with van der Waals surface area (Å²) in [5.41, 5.74) is 1.39. The molecule has 1 aromatic heterocycles. The fourth-order valence-electron chi connectivity index (χ4n) is 2.66. The minimum atomic E-state index is -4.85. The van der Waals surface area contributed by atoms with E-state index in [2.05, 4.69) is 15.0 Å². The molecule has 30 heavy (non-hydrogen) atoms. The van der Waals surface area contributed by atoms with Gasteiger partial charge in [-0.15, -0.1) is 13.2 Å². The second-order valence-electron chi connectivity index (χ2n) is 6.98. The van der Waals surface area contributed by atoms with Crippen molar-refractivity contribution in [3.63, 3.8) is 0 Å². The molecule has 0 bridgehead atoms. The Labute approximate surface area is 172 Å². The van der Waals surface area contributed by atoms with Crippen LogP contribution in [0.3, 0.4) is 0 Å². The predicted molar refractivity (Wildman–Crippen MR) is 103 cm³/mol. The molecule has 0 aliphatic rings. The molecule has 162 valence electrons. The maximum absolute atomic E-state index is 12.6. The van der Waals surface area contributed by atoms with Gasteiger partial charge in [0.15, 0.2) is 0 Å². The van der Waals surface area contributed by atoms with Crippen molar-refractivity contribution < 1.29 is 32.2 Å². The molecule has 0 radical (unpaired) electrons. The number of halogens is 3. The number of nitrogens with zero attached hydrogens (tertiary/aromatic N) is 1. The van der Waals surface area contributed by atoms with Gasteiger partial charge in [0.25, 0.3) is 5.91 Å². The van der Waals surface area contributed by atoms with Crippen LogP contribution in [0.15, 0.2) is 36.5 Å². The number of alkyl halides is 3. The van der Waals surface area contributed by atoms with Crippen LogP contribution in [-0.4, -0.2) is 30.1 Å². The van der Waals surface area contributed by atoms with E-state index in [0.717, 1.165) is 17.7 Å². The second kappa shape index (κ2) is 9.60. The summed E-state index contributed by atoms with van der Waals surface area (Å²) < 4.78 is 46.0. The van der Waals surface area contributed by atoms with Crippen molar-refractivity contribution in [2.75, 3.05) is 7.11 Å². The van der Waals surface area contributed by atoms with Crippen LogP contribution in [0.5, 0.6) is 11.5 Å². The minimum Gasteiger partial charge on any atom is -0.496 e. The Hall–Kier alpha value is -3.10. The van der Waals surface area contributed by atoms with Crippen molar-refractivity contribution in [3.8, 4) is 11.5 Å². The summed E-state index contributed by atoms with van der Waals surface area (Å²) in [7, 11) is 1.24. The minimum absolute atomic E-state index is 0.0561. The zero-order valence-electron chi connectivity index (χ0n) is 17.0. The van der Waals surface area contributed by atoms with Crippen LogP contribution in [0.1, 0.15) is 48.4 Å². The number of ketones is 1. The molecule has 0 saturated heterocycles. The lowest BCUT2D eigenvalue weighted by Gasteiger charge is -2.17. The van der Waals surface area contributed by atoms with E-state index >= 15 is 0 Å². The van der Waals surface area contributed by atoms with Crippen molar-refractivity contribution in [1.82, 2.24) is 10.3 Å². The van der Waals surface area contributed by atoms with Gasteiger partial charge < -0.3 is 14.8 Å². The van der Waals surface area contributed by atoms with Gasteiger partial charge in [-0.05, 0) is 36.8 Å². The summed E-state index contributed by atoms with van der Waals surface area (Å²) in [6.45, 7) is 5.37. The van der Waals surface area contributed by atoms with E-state index in [1.165, 1.54) is 13.2 Å². The van der Waals surface area contributed by atoms with Crippen LogP contribution in [0.2, 0.25) is 0 Å². The Bertz CT molecular complexity index is 913. The highest BCUT2D eigenvalue weighted by Crippen LogP contribution is 2.29. The van der Waals surface area contributed by atoms with Gasteiger partial charge in [-0.25, -0.2) is 0 Å². The molecule has 1 unspecified atom stereocenters. The lowest BCUT2D eigenvalue weighted by atomic mass is 10.0. The Balaban J connectivity index is 2.15. The number of amides is 1. The molecule has 0 fully saturated rings. The summed E-state index contributed by atoms with van der Waals surface area (Å²) in [5, 5.41) is 2.76. The standard InChI is InChI=1S/C21H23F3N2O4/c1-12(2)18(27)10-15-9-14(7-8-25-15)13(3)26-20(28)17-6-5-16(11-19(17)29-4)30-21(22,23)24/h5-9,11-13H,10H2,1-4H3,(H,26,28). The zero-order valence-corrected chi connectivity index (χ0v) is 17.0. The normalized spacial score (nSPS) is 12.4. The molecule has 0 saturated carbocycles. The number of aromatic nitrogens is 1. The third-order valence-corrected chi connectivity index (χ3v) is 4.34. The second-order valence-corrected chi connectivity index (χ2v) is 6.98. The van der Waals surface area contributed by atoms with Gasteiger partial charge in [-0.3, -0.25) is 14.6 Å². The number of Topliss-reactive ketones (excluding diaryl/α,β-unsaturated/α-hetero) is 1. The van der Waals surface area contributed by atoms with Crippen LogP contribution in [0, 0.1) is 5.92 Å². The topological polar surface area (TPSA) is 77.5 Å². The number of pyridine rings is 1. The number of methoxy groups -OCH3 is 1. The van der Waals surface area contributed by atoms with Crippen molar-refractivity contribution >= 4 is 11.7 Å². The number of benzene rings is 1. The highest BCUT2D eigenvalue weighted by Gasteiger charge is 2.31. The first-order chi connectivity index (χ1) is 14.0. The van der Waals surface area contributed by atoms with E-state index in [1.54, 1.807) is 25.3 Å². The molecular formula is C21H23F3N2O4. The lowest BCUT2D eigenvalue weighted by Crippen LogP contribution is -2.27. The monoisotopic (exact) mass is 424 g/mol. The van der Waals surface area contributed by atoms with E-state index in [9.17, 15) is 22.8 Å². The molecule has 0 spiro atoms. The number of nitrogens with one attached hydrogen (secondary N) is 1. The fraction of sp³-hybridized carbons (Fsp3) is 0.381. The lowest BCUT2D eigenvalue weighted by molar-refractivity contribution is -0.274. The highest BCUT2D eigenvalue weighted by molar-refractivity contribution is 5.97. The van der Waals surface area contributed by atoms with Gasteiger partial charge in [0.1, 0.15) is 17.3 Å². The molecule has 1 aromatic carbocycles. The molecule has 1 atom stereocenters. The van der Waals surface area contributed by atoms with Gasteiger partial charge in [0.05, 0.1) is 18.7 Å². The quantitative estimate of drug-likeness (QED) is 0.686. The number of ether oxygens (including phenoxy) is 2. The molecule has 2 aromatic rings. The van der Waals surface area contributed by atoms with Gasteiger partial charge in [-0.2, -0.15) is 0 Å². The number of hydrogen-bond donors (Lipinski definition) is 1. The SMILES string of the molecule is COc1cc(OC(F)(F)F)ccc1C(=O)NC(C)c1ccnc(CC(=O)C(C)C)c1. The van der Waals surface area contributed by atoms with Crippen molar-refractivity contribution in [1.29, 1.82) is 0 Å². The van der Waals surface area contributed by atoms with Crippen LogP contribution < -0.4 is 14.8 Å². The molecule has 1 heterocycles. The van der Waals surface area contributed by atoms with E-state index < -0.39 is 24.1 Å². The molecule has 1 N–H and O–H groups in total. The maximum atomic E-state index is 12.6. The van der Waals surface area contributed by atoms with Gasteiger partial charge >= 0.3 is 6.36 Å². The molecule has 1 amide bonds. The first kappa shape index (κ1) is 23.2. The summed E-state index contributed by atoms with van der Waals surface area (Å²) in [4.78, 5) is 28.8. The smallest absolute Gasteiger partial charge is 0.496 e. The first-order valence-corrected chi connectivity index (χ1v) is 9.22. The average molecular weight is 424 g/mol. The van der Waals surface area contributed by atoms with Gasteiger partial charge in [-0.1, -0.05) is 13.8 Å². The van der Waals surface area contributed by atoms with E-state index in [-0.39, 0.29) is 29.4 Å². The van der Waals surface area contributed by atoms with Crippen LogP contribution >= 0.6 is 0 Å². The highest BCUT2D eigenvalue weighted by atomic mass is 19.4. The summed E-state index contributed by atoms with van der Waals surface area (Å²) in [5.74, 6) is -1.13. The number of hydrogen-bond acceptors (Lipinski definition) is 5. The summed E-state index contributed by atoms with van der Waals surface area (Å²) >= 11 is 0. The molecule has 6 nitrogen and oxygen atoms in total. The Morgan fingerprint density at radius 1 is 1.13 bits per heavy atom. The number of carbonyl (C=O) groups excluding carboxylic acids is 2. The van der Waals surface area contributed by atoms with Gasteiger partial charge in [0.2, 0.25) is 0 Å². The number of carbonyl (C=O) groups is 2. The van der Waals surface area contributed by atoms with E-state index in [0.29, 0.717) is 5.69 Å². The molecule has 0 aliphatic heterocycles. The van der Waals surface area contributed by atoms with E-state index in [1.807, 2.05) is 13.8 Å². The largest absolute Gasteiger partial charge is 0.573 e. The average Bonchev–Trinajstić information content (AvgIpc) is 2.66. The third-order valence-electron chi connectivity index (χ3n) is 4.34. The first-order valence-electron chi connectivity index (χ1n) is 9.22. The molecule has 0 aliphatic carbocycles. The van der Waals surface area contributed by atoms with Crippen molar-refractivity contribution in [2.24, 2.45) is 5.92 Å². The third kappa shape index (κ3) is 6.47. The van der Waals surface area contributed by atoms with Gasteiger partial charge in [0, 0.05) is 30.3 Å². The maximum Gasteiger partial charge on any atom is 0.573 e. The zero-order chi connectivity index (χ0) is 22.5. The van der Waals surface area contributed by atoms with Crippen LogP contribution in [0.4, 0.5) is 13.2 Å². The predicted octanol–water partition coefficient (Wildman–Crippen LogP) is 4.25. The summed E-state index contributed by atoms with van der Waals surface area (Å²) in [6, 6.07) is 6.24. The van der Waals surface area contributed by atoms with Crippen LogP contribution in [-0.2, 0) is 11.2 Å². The Morgan fingerprint density at radius 2 is 1.83 bits per heavy atom. The molecular weight excluding hydrogens is 401 g/mol. The van der Waals surface area contributed by atoms with Crippen molar-refractivity contribution in [2.45, 2.75) is 39.6 Å². The van der Waals surface area contributed by atoms with Crippen LogP contribution in [0.25, 0.3) is 0 Å². The van der Waals surface area contributed by atoms with Crippen molar-refractivity contribution in [3.05, 3.63) is 53.3 Å². The Kier molecular flexibility index (Phi) is 7.42. The van der Waals surface area contributed by atoms with E-state index in [4.69, 9.17) is 4.74 Å².